The van der Waals surface area contributed by atoms with E-state index in [0.717, 1.165) is 10.9 Å². The Morgan fingerprint density at radius 1 is 1.15 bits per heavy atom. The number of pyridine rings is 1. The molecule has 0 spiro atoms. The number of carbonyl (C=O) groups excluding carboxylic acids is 1. The summed E-state index contributed by atoms with van der Waals surface area (Å²) in [5, 5.41) is 14.2. The number of hydrogen-bond acceptors (Lipinski definition) is 4. The van der Waals surface area contributed by atoms with Crippen LogP contribution >= 0.6 is 0 Å². The molecule has 7 nitrogen and oxygen atoms in total. The number of carbonyl (C=O) groups is 1. The number of nitrogens with zero attached hydrogens (tertiary/aromatic N) is 1. The molecule has 130 valence electrons. The van der Waals surface area contributed by atoms with Gasteiger partial charge in [-0.2, -0.15) is 0 Å². The fraction of sp³-hybridized carbons (Fsp3) is 0.0526. The lowest BCUT2D eigenvalue weighted by atomic mass is 10.1. The average molecular weight is 349 g/mol. The van der Waals surface area contributed by atoms with Gasteiger partial charge in [-0.25, -0.2) is 0 Å². The zero-order valence-electron chi connectivity index (χ0n) is 13.9. The van der Waals surface area contributed by atoms with Crippen molar-refractivity contribution in [2.45, 2.75) is 6.92 Å². The van der Waals surface area contributed by atoms with Gasteiger partial charge in [0.25, 0.3) is 5.69 Å². The van der Waals surface area contributed by atoms with Gasteiger partial charge in [-0.15, -0.1) is 0 Å². The topological polar surface area (TPSA) is 105 Å². The highest BCUT2D eigenvalue weighted by Crippen LogP contribution is 2.19. The van der Waals surface area contributed by atoms with Crippen LogP contribution in [0.1, 0.15) is 11.1 Å². The summed E-state index contributed by atoms with van der Waals surface area (Å²) in [5.74, 6) is -0.349. The standard InChI is InChI=1S/C19H15N3O4/c1-12-10-19(24)21-17-11-14(5-8-16(12)17)20-18(23)9-4-13-2-6-15(7-3-13)22(25)26/h2-11H,1H3,(H,20,23)(H,21,24)/b9-4-. The highest BCUT2D eigenvalue weighted by molar-refractivity contribution is 6.03. The lowest BCUT2D eigenvalue weighted by Crippen LogP contribution is -2.09. The molecule has 0 bridgehead atoms. The molecule has 0 saturated carbocycles. The van der Waals surface area contributed by atoms with Crippen LogP contribution in [0.4, 0.5) is 11.4 Å². The number of benzene rings is 2. The van der Waals surface area contributed by atoms with Crippen LogP contribution in [-0.2, 0) is 4.79 Å². The van der Waals surface area contributed by atoms with E-state index in [4.69, 9.17) is 0 Å². The molecule has 26 heavy (non-hydrogen) atoms. The molecule has 2 aromatic carbocycles. The van der Waals surface area contributed by atoms with E-state index >= 15 is 0 Å². The first-order chi connectivity index (χ1) is 12.4. The van der Waals surface area contributed by atoms with Crippen molar-refractivity contribution in [1.29, 1.82) is 0 Å². The Kier molecular flexibility index (Phi) is 4.62. The molecule has 7 heteroatoms. The molecule has 0 radical (unpaired) electrons. The number of rotatable bonds is 4. The zero-order chi connectivity index (χ0) is 18.7. The molecule has 0 unspecified atom stereocenters. The Morgan fingerprint density at radius 3 is 2.58 bits per heavy atom. The van der Waals surface area contributed by atoms with Gasteiger partial charge >= 0.3 is 0 Å². The highest BCUT2D eigenvalue weighted by Gasteiger charge is 2.04. The number of H-pyrrole nitrogens is 1. The molecule has 3 rings (SSSR count). The van der Waals surface area contributed by atoms with Gasteiger partial charge in [-0.05, 0) is 48.4 Å². The third-order valence-electron chi connectivity index (χ3n) is 3.85. The summed E-state index contributed by atoms with van der Waals surface area (Å²) in [7, 11) is 0. The molecule has 0 aliphatic heterocycles. The molecule has 0 aliphatic rings. The Bertz CT molecular complexity index is 1080. The number of fused-ring (bicyclic) bond motifs is 1. The molecule has 1 heterocycles. The van der Waals surface area contributed by atoms with Crippen molar-refractivity contribution >= 4 is 34.3 Å². The lowest BCUT2D eigenvalue weighted by molar-refractivity contribution is -0.384. The summed E-state index contributed by atoms with van der Waals surface area (Å²) in [6, 6.07) is 12.7. The van der Waals surface area contributed by atoms with Crippen LogP contribution < -0.4 is 10.9 Å². The number of nitrogens with one attached hydrogen (secondary N) is 2. The van der Waals surface area contributed by atoms with E-state index in [1.54, 1.807) is 30.3 Å². The second-order valence-electron chi connectivity index (χ2n) is 5.75. The fourth-order valence-corrected chi connectivity index (χ4v) is 2.58. The van der Waals surface area contributed by atoms with Crippen molar-refractivity contribution in [2.75, 3.05) is 5.32 Å². The minimum atomic E-state index is -0.480. The first-order valence-electron chi connectivity index (χ1n) is 7.79. The number of hydrogen-bond donors (Lipinski definition) is 2. The summed E-state index contributed by atoms with van der Waals surface area (Å²) in [5.41, 5.74) is 2.52. The maximum absolute atomic E-state index is 12.1. The van der Waals surface area contributed by atoms with Gasteiger partial charge in [-0.3, -0.25) is 19.7 Å². The number of aryl methyl sites for hydroxylation is 1. The fourth-order valence-electron chi connectivity index (χ4n) is 2.58. The van der Waals surface area contributed by atoms with E-state index in [9.17, 15) is 19.7 Å². The van der Waals surface area contributed by atoms with E-state index in [1.807, 2.05) is 13.0 Å². The number of amides is 1. The molecular formula is C19H15N3O4. The van der Waals surface area contributed by atoms with E-state index in [0.29, 0.717) is 16.8 Å². The summed E-state index contributed by atoms with van der Waals surface area (Å²) < 4.78 is 0. The molecular weight excluding hydrogens is 334 g/mol. The van der Waals surface area contributed by atoms with E-state index in [-0.39, 0.29) is 17.2 Å². The number of non-ortho nitro benzene ring substituents is 1. The van der Waals surface area contributed by atoms with Crippen LogP contribution in [0.2, 0.25) is 0 Å². The van der Waals surface area contributed by atoms with Crippen LogP contribution in [0.3, 0.4) is 0 Å². The lowest BCUT2D eigenvalue weighted by Gasteiger charge is -2.06. The van der Waals surface area contributed by atoms with E-state index in [1.165, 1.54) is 24.3 Å². The van der Waals surface area contributed by atoms with Crippen LogP contribution in [-0.4, -0.2) is 15.8 Å². The van der Waals surface area contributed by atoms with Crippen molar-refractivity contribution in [3.63, 3.8) is 0 Å². The SMILES string of the molecule is Cc1cc(=O)[nH]c2cc(NC(=O)/C=C\c3ccc([N+](=O)[O-])cc3)ccc12. The molecule has 0 fully saturated rings. The Labute approximate surface area is 148 Å². The summed E-state index contributed by atoms with van der Waals surface area (Å²) in [6.07, 6.45) is 2.90. The van der Waals surface area contributed by atoms with Crippen molar-refractivity contribution in [3.8, 4) is 0 Å². The average Bonchev–Trinajstić information content (AvgIpc) is 2.60. The minimum absolute atomic E-state index is 0.00736. The molecule has 0 atom stereocenters. The van der Waals surface area contributed by atoms with Gasteiger partial charge < -0.3 is 10.3 Å². The Balaban J connectivity index is 1.74. The van der Waals surface area contributed by atoms with Gasteiger partial charge in [0.2, 0.25) is 11.5 Å². The summed E-state index contributed by atoms with van der Waals surface area (Å²) >= 11 is 0. The largest absolute Gasteiger partial charge is 0.322 e. The number of nitro benzene ring substituents is 1. The van der Waals surface area contributed by atoms with Gasteiger partial charge in [0.1, 0.15) is 0 Å². The maximum atomic E-state index is 12.1. The molecule has 1 aromatic heterocycles. The van der Waals surface area contributed by atoms with Crippen LogP contribution in [0.15, 0.2) is 59.4 Å². The van der Waals surface area contributed by atoms with Gasteiger partial charge in [0.05, 0.1) is 10.4 Å². The first kappa shape index (κ1) is 17.1. The summed E-state index contributed by atoms with van der Waals surface area (Å²) in [4.78, 5) is 36.5. The third kappa shape index (κ3) is 3.84. The van der Waals surface area contributed by atoms with Crippen LogP contribution in [0, 0.1) is 17.0 Å². The normalized spacial score (nSPS) is 11.0. The molecule has 0 aliphatic carbocycles. The van der Waals surface area contributed by atoms with Crippen LogP contribution in [0.25, 0.3) is 17.0 Å². The third-order valence-corrected chi connectivity index (χ3v) is 3.85. The molecule has 3 aromatic rings. The molecule has 1 amide bonds. The van der Waals surface area contributed by atoms with E-state index < -0.39 is 4.92 Å². The number of aromatic nitrogens is 1. The predicted molar refractivity (Wildman–Crippen MR) is 100 cm³/mol. The van der Waals surface area contributed by atoms with Crippen molar-refractivity contribution < 1.29 is 9.72 Å². The number of nitro groups is 1. The monoisotopic (exact) mass is 349 g/mol. The Hall–Kier alpha value is -3.74. The zero-order valence-corrected chi connectivity index (χ0v) is 13.9. The van der Waals surface area contributed by atoms with Gasteiger partial charge in [-0.1, -0.05) is 6.07 Å². The smallest absolute Gasteiger partial charge is 0.269 e. The first-order valence-corrected chi connectivity index (χ1v) is 7.79. The molecule has 2 N–H and O–H groups in total. The highest BCUT2D eigenvalue weighted by atomic mass is 16.6. The minimum Gasteiger partial charge on any atom is -0.322 e. The quantitative estimate of drug-likeness (QED) is 0.428. The second-order valence-corrected chi connectivity index (χ2v) is 5.75. The second kappa shape index (κ2) is 7.02. The van der Waals surface area contributed by atoms with Crippen molar-refractivity contribution in [3.05, 3.63) is 86.2 Å². The Morgan fingerprint density at radius 2 is 1.88 bits per heavy atom. The van der Waals surface area contributed by atoms with Crippen molar-refractivity contribution in [2.24, 2.45) is 0 Å². The van der Waals surface area contributed by atoms with Gasteiger partial charge in [0, 0.05) is 35.3 Å². The maximum Gasteiger partial charge on any atom is 0.269 e. The number of anilines is 1. The van der Waals surface area contributed by atoms with Crippen molar-refractivity contribution in [1.82, 2.24) is 4.98 Å². The van der Waals surface area contributed by atoms with Gasteiger partial charge in [0.15, 0.2) is 0 Å². The number of aromatic amines is 1. The van der Waals surface area contributed by atoms with E-state index in [2.05, 4.69) is 10.3 Å². The summed E-state index contributed by atoms with van der Waals surface area (Å²) in [6.45, 7) is 1.85. The van der Waals surface area contributed by atoms with Crippen LogP contribution in [0.5, 0.6) is 0 Å². The molecule has 0 saturated heterocycles. The predicted octanol–water partition coefficient (Wildman–Crippen LogP) is 3.40.